The van der Waals surface area contributed by atoms with Gasteiger partial charge in [0.2, 0.25) is 0 Å². The van der Waals surface area contributed by atoms with Crippen molar-refractivity contribution in [2.75, 3.05) is 21.2 Å². The normalized spacial score (nSPS) is 10.9. The number of ether oxygens (including phenoxy) is 1. The molecule has 2 aromatic heterocycles. The van der Waals surface area contributed by atoms with Crippen molar-refractivity contribution in [1.29, 1.82) is 0 Å². The summed E-state index contributed by atoms with van der Waals surface area (Å²) >= 11 is 0. The van der Waals surface area contributed by atoms with E-state index < -0.39 is 0 Å². The molecule has 0 bridgehead atoms. The summed E-state index contributed by atoms with van der Waals surface area (Å²) in [7, 11) is 5.20. The fourth-order valence-corrected chi connectivity index (χ4v) is 3.62. The van der Waals surface area contributed by atoms with Gasteiger partial charge in [0.05, 0.1) is 7.11 Å². The molecule has 0 N–H and O–H groups in total. The molecule has 6 nitrogen and oxygen atoms in total. The molecule has 152 valence electrons. The van der Waals surface area contributed by atoms with Crippen molar-refractivity contribution >= 4 is 11.6 Å². The van der Waals surface area contributed by atoms with Crippen molar-refractivity contribution in [2.45, 2.75) is 12.8 Å². The third kappa shape index (κ3) is 3.76. The highest BCUT2D eigenvalue weighted by Crippen LogP contribution is 2.26. The van der Waals surface area contributed by atoms with Crippen LogP contribution < -0.4 is 4.74 Å². The number of aromatic nitrogens is 3. The van der Waals surface area contributed by atoms with Crippen molar-refractivity contribution in [3.63, 3.8) is 0 Å². The number of pyridine rings is 1. The summed E-state index contributed by atoms with van der Waals surface area (Å²) in [6.07, 6.45) is 3.45. The average Bonchev–Trinajstić information content (AvgIpc) is 3.27. The topological polar surface area (TPSA) is 59.7 Å². The van der Waals surface area contributed by atoms with E-state index >= 15 is 0 Å². The maximum absolute atomic E-state index is 12.1. The van der Waals surface area contributed by atoms with Crippen LogP contribution in [0.4, 0.5) is 0 Å². The number of rotatable bonds is 6. The van der Waals surface area contributed by atoms with Crippen molar-refractivity contribution < 1.29 is 9.53 Å². The van der Waals surface area contributed by atoms with Crippen LogP contribution >= 0.6 is 0 Å². The highest BCUT2D eigenvalue weighted by Gasteiger charge is 2.13. The largest absolute Gasteiger partial charge is 0.496 e. The Kier molecular flexibility index (Phi) is 5.48. The van der Waals surface area contributed by atoms with Crippen molar-refractivity contribution in [3.8, 4) is 16.9 Å². The first-order valence-corrected chi connectivity index (χ1v) is 9.84. The lowest BCUT2D eigenvalue weighted by molar-refractivity contribution is 0.0827. The van der Waals surface area contributed by atoms with Crippen LogP contribution in [0.15, 0.2) is 67.0 Å². The molecule has 0 unspecified atom stereocenters. The molecule has 0 fully saturated rings. The summed E-state index contributed by atoms with van der Waals surface area (Å²) in [6, 6.07) is 19.9. The molecular weight excluding hydrogens is 376 g/mol. The number of carbonyl (C=O) groups excluding carboxylic acids is 1. The van der Waals surface area contributed by atoms with Gasteiger partial charge in [-0.3, -0.25) is 9.20 Å². The van der Waals surface area contributed by atoms with Crippen LogP contribution in [0, 0.1) is 0 Å². The highest BCUT2D eigenvalue weighted by molar-refractivity contribution is 5.94. The SMILES string of the molecule is COc1ccccc1CCc1ccc(-c2ccc(C(=O)N(C)C)cc2)c2nncn12. The number of amides is 1. The number of carbonyl (C=O) groups is 1. The molecule has 4 rings (SSSR count). The van der Waals surface area contributed by atoms with Gasteiger partial charge in [0.25, 0.3) is 5.91 Å². The molecule has 0 aliphatic rings. The molecular formula is C24H24N4O2. The molecule has 6 heteroatoms. The summed E-state index contributed by atoms with van der Waals surface area (Å²) in [5, 5.41) is 8.48. The fraction of sp³-hybridized carbons (Fsp3) is 0.208. The third-order valence-electron chi connectivity index (χ3n) is 5.23. The Morgan fingerprint density at radius 3 is 2.50 bits per heavy atom. The summed E-state index contributed by atoms with van der Waals surface area (Å²) < 4.78 is 7.50. The van der Waals surface area contributed by atoms with Gasteiger partial charge >= 0.3 is 0 Å². The zero-order chi connectivity index (χ0) is 21.1. The Balaban J connectivity index is 1.62. The van der Waals surface area contributed by atoms with Crippen LogP contribution in [0.2, 0.25) is 0 Å². The number of para-hydroxylation sites is 1. The molecule has 0 atom stereocenters. The smallest absolute Gasteiger partial charge is 0.253 e. The number of aryl methyl sites for hydroxylation is 2. The second kappa shape index (κ2) is 8.37. The lowest BCUT2D eigenvalue weighted by Crippen LogP contribution is -2.21. The summed E-state index contributed by atoms with van der Waals surface area (Å²) in [5.41, 5.74) is 5.75. The van der Waals surface area contributed by atoms with Crippen LogP contribution in [-0.2, 0) is 12.8 Å². The fourth-order valence-electron chi connectivity index (χ4n) is 3.62. The minimum Gasteiger partial charge on any atom is -0.496 e. The maximum atomic E-state index is 12.1. The molecule has 0 aliphatic carbocycles. The number of fused-ring (bicyclic) bond motifs is 1. The average molecular weight is 400 g/mol. The van der Waals surface area contributed by atoms with Crippen LogP contribution in [0.1, 0.15) is 21.6 Å². The van der Waals surface area contributed by atoms with Gasteiger partial charge in [-0.25, -0.2) is 0 Å². The summed E-state index contributed by atoms with van der Waals surface area (Å²) in [4.78, 5) is 13.7. The Hall–Kier alpha value is -3.67. The molecule has 2 heterocycles. The van der Waals surface area contributed by atoms with Gasteiger partial charge in [-0.2, -0.15) is 0 Å². The monoisotopic (exact) mass is 400 g/mol. The predicted octanol–water partition coefficient (Wildman–Crippen LogP) is 3.89. The zero-order valence-electron chi connectivity index (χ0n) is 17.4. The molecule has 2 aromatic carbocycles. The molecule has 0 spiro atoms. The van der Waals surface area contributed by atoms with E-state index in [-0.39, 0.29) is 5.91 Å². The molecule has 0 saturated heterocycles. The highest BCUT2D eigenvalue weighted by atomic mass is 16.5. The van der Waals surface area contributed by atoms with Gasteiger partial charge in [0.1, 0.15) is 12.1 Å². The Bertz CT molecular complexity index is 1180. The van der Waals surface area contributed by atoms with E-state index in [0.29, 0.717) is 5.56 Å². The molecule has 0 aliphatic heterocycles. The van der Waals surface area contributed by atoms with Crippen LogP contribution in [-0.4, -0.2) is 46.6 Å². The first kappa shape index (κ1) is 19.6. The predicted molar refractivity (Wildman–Crippen MR) is 117 cm³/mol. The molecule has 30 heavy (non-hydrogen) atoms. The van der Waals surface area contributed by atoms with Crippen LogP contribution in [0.5, 0.6) is 5.75 Å². The molecule has 4 aromatic rings. The van der Waals surface area contributed by atoms with E-state index in [9.17, 15) is 4.79 Å². The Labute approximate surface area is 175 Å². The van der Waals surface area contributed by atoms with Crippen LogP contribution in [0.3, 0.4) is 0 Å². The van der Waals surface area contributed by atoms with Gasteiger partial charge in [-0.1, -0.05) is 30.3 Å². The summed E-state index contributed by atoms with van der Waals surface area (Å²) in [6.45, 7) is 0. The van der Waals surface area contributed by atoms with E-state index in [2.05, 4.69) is 28.4 Å². The standard InChI is InChI=1S/C24H24N4O2/c1-27(2)24(29)19-10-8-17(9-11-19)21-15-14-20(28-16-25-26-23(21)28)13-12-18-6-4-5-7-22(18)30-3/h4-11,14-16H,12-13H2,1-3H3. The molecule has 0 saturated carbocycles. The van der Waals surface area contributed by atoms with Gasteiger partial charge in [0.15, 0.2) is 5.65 Å². The van der Waals surface area contributed by atoms with Gasteiger partial charge in [0, 0.05) is 30.9 Å². The first-order valence-electron chi connectivity index (χ1n) is 9.84. The Morgan fingerprint density at radius 1 is 1.00 bits per heavy atom. The number of hydrogen-bond donors (Lipinski definition) is 0. The van der Waals surface area contributed by atoms with Crippen molar-refractivity contribution in [1.82, 2.24) is 19.5 Å². The minimum atomic E-state index is -0.0131. The Morgan fingerprint density at radius 2 is 1.77 bits per heavy atom. The van der Waals surface area contributed by atoms with E-state index in [1.807, 2.05) is 46.9 Å². The number of benzene rings is 2. The lowest BCUT2D eigenvalue weighted by atomic mass is 10.0. The van der Waals surface area contributed by atoms with Gasteiger partial charge in [-0.05, 0) is 54.3 Å². The summed E-state index contributed by atoms with van der Waals surface area (Å²) in [5.74, 6) is 0.891. The zero-order valence-corrected chi connectivity index (χ0v) is 17.4. The van der Waals surface area contributed by atoms with E-state index in [1.54, 1.807) is 32.4 Å². The van der Waals surface area contributed by atoms with E-state index in [4.69, 9.17) is 4.74 Å². The number of methoxy groups -OCH3 is 1. The van der Waals surface area contributed by atoms with E-state index in [0.717, 1.165) is 41.1 Å². The maximum Gasteiger partial charge on any atom is 0.253 e. The third-order valence-corrected chi connectivity index (χ3v) is 5.23. The minimum absolute atomic E-state index is 0.0131. The van der Waals surface area contributed by atoms with E-state index in [1.165, 1.54) is 5.56 Å². The van der Waals surface area contributed by atoms with Crippen molar-refractivity contribution in [3.05, 3.63) is 83.8 Å². The second-order valence-electron chi connectivity index (χ2n) is 7.35. The number of hydrogen-bond acceptors (Lipinski definition) is 4. The van der Waals surface area contributed by atoms with Gasteiger partial charge < -0.3 is 9.64 Å². The molecule has 0 radical (unpaired) electrons. The molecule has 1 amide bonds. The number of nitrogens with zero attached hydrogens (tertiary/aromatic N) is 4. The first-order chi connectivity index (χ1) is 14.6. The quantitative estimate of drug-likeness (QED) is 0.493. The lowest BCUT2D eigenvalue weighted by Gasteiger charge is -2.12. The van der Waals surface area contributed by atoms with Crippen molar-refractivity contribution in [2.24, 2.45) is 0 Å². The second-order valence-corrected chi connectivity index (χ2v) is 7.35. The van der Waals surface area contributed by atoms with Crippen LogP contribution in [0.25, 0.3) is 16.8 Å². The van der Waals surface area contributed by atoms with Gasteiger partial charge in [-0.15, -0.1) is 10.2 Å².